The maximum atomic E-state index is 12.2. The predicted octanol–water partition coefficient (Wildman–Crippen LogP) is 2.65. The van der Waals surface area contributed by atoms with E-state index in [1.165, 1.54) is 12.1 Å². The molecule has 5 nitrogen and oxygen atoms in total. The molecule has 2 aromatic rings. The van der Waals surface area contributed by atoms with E-state index in [1.807, 2.05) is 6.07 Å². The minimum absolute atomic E-state index is 0.0160. The van der Waals surface area contributed by atoms with Gasteiger partial charge in [0.2, 0.25) is 10.0 Å². The van der Waals surface area contributed by atoms with Gasteiger partial charge in [0.25, 0.3) is 0 Å². The average Bonchev–Trinajstić information content (AvgIpc) is 2.47. The van der Waals surface area contributed by atoms with Crippen LogP contribution >= 0.6 is 11.6 Å². The van der Waals surface area contributed by atoms with E-state index < -0.39 is 16.1 Å². The number of rotatable bonds is 4. The second-order valence-electron chi connectivity index (χ2n) is 4.39. The second kappa shape index (κ2) is 6.22. The first-order chi connectivity index (χ1) is 9.92. The van der Waals surface area contributed by atoms with E-state index in [-0.39, 0.29) is 10.6 Å². The molecule has 0 aliphatic rings. The fourth-order valence-corrected chi connectivity index (χ4v) is 3.03. The molecule has 1 aromatic carbocycles. The summed E-state index contributed by atoms with van der Waals surface area (Å²) in [6.07, 6.45) is 1.16. The van der Waals surface area contributed by atoms with Crippen molar-refractivity contribution < 1.29 is 8.42 Å². The van der Waals surface area contributed by atoms with Crippen LogP contribution in [0.3, 0.4) is 0 Å². The van der Waals surface area contributed by atoms with Gasteiger partial charge in [0.05, 0.1) is 0 Å². The number of nitrogens with one attached hydrogen (secondary N) is 1. The van der Waals surface area contributed by atoms with Crippen molar-refractivity contribution in [2.45, 2.75) is 17.9 Å². The number of hydrogen-bond acceptors (Lipinski definition) is 4. The molecule has 0 amide bonds. The van der Waals surface area contributed by atoms with Gasteiger partial charge in [-0.1, -0.05) is 23.7 Å². The summed E-state index contributed by atoms with van der Waals surface area (Å²) in [4.78, 5) is 3.77. The molecule has 0 saturated carbocycles. The molecule has 1 N–H and O–H groups in total. The lowest BCUT2D eigenvalue weighted by Crippen LogP contribution is -2.27. The number of nitriles is 1. The third-order valence-electron chi connectivity index (χ3n) is 2.86. The lowest BCUT2D eigenvalue weighted by Gasteiger charge is -2.14. The van der Waals surface area contributed by atoms with Crippen molar-refractivity contribution in [3.05, 3.63) is 58.9 Å². The molecule has 0 fully saturated rings. The highest BCUT2D eigenvalue weighted by Gasteiger charge is 2.18. The quantitative estimate of drug-likeness (QED) is 0.938. The van der Waals surface area contributed by atoms with Gasteiger partial charge in [-0.15, -0.1) is 0 Å². The lowest BCUT2D eigenvalue weighted by molar-refractivity contribution is 0.566. The Kier molecular flexibility index (Phi) is 4.58. The summed E-state index contributed by atoms with van der Waals surface area (Å²) in [6, 6.07) is 11.0. The van der Waals surface area contributed by atoms with Crippen molar-refractivity contribution in [2.24, 2.45) is 0 Å². The molecule has 1 heterocycles. The van der Waals surface area contributed by atoms with Gasteiger partial charge in [-0.3, -0.25) is 0 Å². The van der Waals surface area contributed by atoms with Crippen molar-refractivity contribution >= 4 is 21.6 Å². The molecule has 2 rings (SSSR count). The summed E-state index contributed by atoms with van der Waals surface area (Å²) in [5, 5.41) is 9.25. The van der Waals surface area contributed by atoms with Crippen molar-refractivity contribution in [2.75, 3.05) is 0 Å². The van der Waals surface area contributed by atoms with Crippen molar-refractivity contribution in [1.82, 2.24) is 9.71 Å². The van der Waals surface area contributed by atoms with Gasteiger partial charge in [-0.25, -0.2) is 18.1 Å². The van der Waals surface area contributed by atoms with E-state index in [0.29, 0.717) is 5.02 Å². The molecule has 1 atom stereocenters. The molecule has 0 saturated heterocycles. The lowest BCUT2D eigenvalue weighted by atomic mass is 10.1. The third-order valence-corrected chi connectivity index (χ3v) is 4.64. The van der Waals surface area contributed by atoms with Crippen LogP contribution in [0.4, 0.5) is 0 Å². The van der Waals surface area contributed by atoms with Gasteiger partial charge in [0, 0.05) is 17.3 Å². The smallest absolute Gasteiger partial charge is 0.242 e. The number of pyridine rings is 1. The summed E-state index contributed by atoms with van der Waals surface area (Å²) >= 11 is 5.80. The Balaban J connectivity index is 2.20. The van der Waals surface area contributed by atoms with E-state index in [1.54, 1.807) is 31.2 Å². The monoisotopic (exact) mass is 321 g/mol. The van der Waals surface area contributed by atoms with E-state index in [4.69, 9.17) is 16.9 Å². The van der Waals surface area contributed by atoms with Gasteiger partial charge in [-0.2, -0.15) is 5.26 Å². The fraction of sp³-hybridized carbons (Fsp3) is 0.143. The Hall–Kier alpha value is -1.94. The highest BCUT2D eigenvalue weighted by Crippen LogP contribution is 2.18. The molecule has 1 unspecified atom stereocenters. The van der Waals surface area contributed by atoms with Crippen LogP contribution in [0.25, 0.3) is 0 Å². The Morgan fingerprint density at radius 3 is 2.43 bits per heavy atom. The number of hydrogen-bond donors (Lipinski definition) is 1. The summed E-state index contributed by atoms with van der Waals surface area (Å²) < 4.78 is 27.0. The van der Waals surface area contributed by atoms with Crippen molar-refractivity contribution in [3.8, 4) is 6.07 Å². The molecule has 21 heavy (non-hydrogen) atoms. The second-order valence-corrected chi connectivity index (χ2v) is 6.54. The standard InChI is InChI=1S/C14H12ClN3O2S/c1-10(11-2-4-12(15)5-3-11)18-21(19,20)14-7-6-13(8-16)17-9-14/h2-7,9-10,18H,1H3. The van der Waals surface area contributed by atoms with Crippen LogP contribution in [0, 0.1) is 11.3 Å². The summed E-state index contributed by atoms with van der Waals surface area (Å²) in [5.41, 5.74) is 0.962. The molecule has 0 aliphatic heterocycles. The molecule has 0 aliphatic carbocycles. The number of halogens is 1. The van der Waals surface area contributed by atoms with Crippen LogP contribution in [0.15, 0.2) is 47.5 Å². The number of sulfonamides is 1. The van der Waals surface area contributed by atoms with Crippen LogP contribution in [0.5, 0.6) is 0 Å². The first-order valence-electron chi connectivity index (χ1n) is 6.06. The van der Waals surface area contributed by atoms with Crippen LogP contribution in [-0.2, 0) is 10.0 Å². The van der Waals surface area contributed by atoms with Crippen LogP contribution in [-0.4, -0.2) is 13.4 Å². The first-order valence-corrected chi connectivity index (χ1v) is 7.92. The Morgan fingerprint density at radius 1 is 1.24 bits per heavy atom. The van der Waals surface area contributed by atoms with Crippen LogP contribution in [0.2, 0.25) is 5.02 Å². The molecular weight excluding hydrogens is 310 g/mol. The van der Waals surface area contributed by atoms with Crippen molar-refractivity contribution in [3.63, 3.8) is 0 Å². The number of nitrogens with zero attached hydrogens (tertiary/aromatic N) is 2. The largest absolute Gasteiger partial charge is 0.244 e. The predicted molar refractivity (Wildman–Crippen MR) is 79.1 cm³/mol. The van der Waals surface area contributed by atoms with Gasteiger partial charge in [0.15, 0.2) is 0 Å². The van der Waals surface area contributed by atoms with Gasteiger partial charge >= 0.3 is 0 Å². The minimum atomic E-state index is -3.70. The zero-order chi connectivity index (χ0) is 15.5. The summed E-state index contributed by atoms with van der Waals surface area (Å²) in [5.74, 6) is 0. The molecule has 0 bridgehead atoms. The molecule has 0 radical (unpaired) electrons. The van der Waals surface area contributed by atoms with E-state index in [2.05, 4.69) is 9.71 Å². The molecule has 7 heteroatoms. The van der Waals surface area contributed by atoms with Gasteiger partial charge < -0.3 is 0 Å². The first kappa shape index (κ1) is 15.4. The van der Waals surface area contributed by atoms with Crippen LogP contribution in [0.1, 0.15) is 24.2 Å². The number of aromatic nitrogens is 1. The summed E-state index contributed by atoms with van der Waals surface area (Å²) in [6.45, 7) is 1.73. The highest BCUT2D eigenvalue weighted by atomic mass is 35.5. The molecule has 1 aromatic heterocycles. The number of benzene rings is 1. The molecule has 108 valence electrons. The minimum Gasteiger partial charge on any atom is -0.244 e. The SMILES string of the molecule is CC(NS(=O)(=O)c1ccc(C#N)nc1)c1ccc(Cl)cc1. The van der Waals surface area contributed by atoms with E-state index in [9.17, 15) is 8.42 Å². The third kappa shape index (κ3) is 3.79. The highest BCUT2D eigenvalue weighted by molar-refractivity contribution is 7.89. The zero-order valence-electron chi connectivity index (χ0n) is 11.1. The molecule has 0 spiro atoms. The van der Waals surface area contributed by atoms with Crippen LogP contribution < -0.4 is 4.72 Å². The summed E-state index contributed by atoms with van der Waals surface area (Å²) in [7, 11) is -3.70. The van der Waals surface area contributed by atoms with E-state index >= 15 is 0 Å². The Bertz CT molecular complexity index is 765. The zero-order valence-corrected chi connectivity index (χ0v) is 12.7. The molecular formula is C14H12ClN3O2S. The Labute approximate surface area is 128 Å². The van der Waals surface area contributed by atoms with E-state index in [0.717, 1.165) is 11.8 Å². The maximum absolute atomic E-state index is 12.2. The van der Waals surface area contributed by atoms with Crippen molar-refractivity contribution in [1.29, 1.82) is 5.26 Å². The van der Waals surface area contributed by atoms with Gasteiger partial charge in [-0.05, 0) is 36.8 Å². The fourth-order valence-electron chi connectivity index (χ4n) is 1.73. The topological polar surface area (TPSA) is 82.9 Å². The van der Waals surface area contributed by atoms with Gasteiger partial charge in [0.1, 0.15) is 16.7 Å². The average molecular weight is 322 g/mol. The Morgan fingerprint density at radius 2 is 1.90 bits per heavy atom. The normalized spacial score (nSPS) is 12.6. The maximum Gasteiger partial charge on any atom is 0.242 e.